The van der Waals surface area contributed by atoms with Crippen molar-refractivity contribution in [1.82, 2.24) is 0 Å². The maximum absolute atomic E-state index is 10.4. The highest BCUT2D eigenvalue weighted by Crippen LogP contribution is 2.35. The van der Waals surface area contributed by atoms with Gasteiger partial charge in [0.2, 0.25) is 0 Å². The lowest BCUT2D eigenvalue weighted by Gasteiger charge is -2.21. The fourth-order valence-corrected chi connectivity index (χ4v) is 1.01. The monoisotopic (exact) mass is 247 g/mol. The van der Waals surface area contributed by atoms with Gasteiger partial charge in [-0.2, -0.15) is 0 Å². The molecule has 15 heavy (non-hydrogen) atoms. The van der Waals surface area contributed by atoms with Crippen molar-refractivity contribution in [2.24, 2.45) is 0 Å². The van der Waals surface area contributed by atoms with Crippen LogP contribution in [0, 0.1) is 0 Å². The summed E-state index contributed by atoms with van der Waals surface area (Å²) in [5.74, 6) is 0. The molecule has 9 heteroatoms. The van der Waals surface area contributed by atoms with Gasteiger partial charge in [0.1, 0.15) is 19.8 Å². The van der Waals surface area contributed by atoms with E-state index in [1.54, 1.807) is 0 Å². The number of aliphatic hydroxyl groups excluding tert-OH is 3. The van der Waals surface area contributed by atoms with Crippen molar-refractivity contribution in [2.45, 2.75) is 24.7 Å². The van der Waals surface area contributed by atoms with Crippen LogP contribution in [0.4, 0.5) is 0 Å². The molecular formula is C6H13O8P. The number of carbonyl (C=O) groups is 1. The number of aldehydes is 1. The van der Waals surface area contributed by atoms with Gasteiger partial charge in [-0.15, -0.1) is 0 Å². The van der Waals surface area contributed by atoms with Crippen LogP contribution in [0.25, 0.3) is 0 Å². The first-order chi connectivity index (χ1) is 7.56. The van der Waals surface area contributed by atoms with Crippen LogP contribution in [0.5, 0.6) is 0 Å². The van der Waals surface area contributed by atoms with Gasteiger partial charge in [-0.1, -0.05) is 0 Å². The number of phosphoric ester groups is 1. The molecule has 0 amide bonds. The Balaban J connectivity index is 4.34. The lowest BCUT2D eigenvalue weighted by atomic mass is 10.1. The molecule has 0 aliphatic heterocycles. The maximum Gasteiger partial charge on any atom is 0.469 e. The van der Waals surface area contributed by atoms with E-state index in [4.69, 9.17) is 22.7 Å². The molecule has 0 fully saturated rings. The molecule has 0 aromatic rings. The van der Waals surface area contributed by atoms with Crippen LogP contribution >= 0.6 is 7.82 Å². The molecule has 0 heterocycles. The highest BCUT2D eigenvalue weighted by atomic mass is 31.2. The summed E-state index contributed by atoms with van der Waals surface area (Å²) in [6.45, 7) is -0.999. The van der Waals surface area contributed by atoms with E-state index in [-0.39, 0.29) is 0 Å². The van der Waals surface area contributed by atoms with Crippen LogP contribution in [0.3, 0.4) is 0 Å². The Labute approximate surface area is 88.2 Å². The molecule has 0 aliphatic carbocycles. The van der Waals surface area contributed by atoms with Gasteiger partial charge >= 0.3 is 7.82 Å². The molecule has 90 valence electrons. The van der Waals surface area contributed by atoms with Crippen LogP contribution in [-0.4, -0.2) is 56.3 Å². The molecule has 0 saturated heterocycles. The topological polar surface area (TPSA) is 145 Å². The Morgan fingerprint density at radius 2 is 2.00 bits per heavy atom. The SMILES string of the molecule is [2H][C@H](C([3H])=O)[C@@H](O)[C@H](O)[C@H](O)COP(=O)(O)O. The maximum atomic E-state index is 10.4. The van der Waals surface area contributed by atoms with E-state index in [2.05, 4.69) is 4.52 Å². The Bertz CT molecular complexity index is 306. The smallest absolute Gasteiger partial charge is 0.390 e. The zero-order chi connectivity index (χ0) is 13.8. The molecule has 8 nitrogen and oxygen atoms in total. The van der Waals surface area contributed by atoms with Gasteiger partial charge in [0.15, 0.2) is 0 Å². The lowest BCUT2D eigenvalue weighted by Crippen LogP contribution is -2.40. The number of hydrogen-bond acceptors (Lipinski definition) is 6. The largest absolute Gasteiger partial charge is 0.469 e. The molecule has 0 aliphatic rings. The number of phosphoric acid groups is 1. The summed E-state index contributed by atoms with van der Waals surface area (Å²) in [7, 11) is -4.84. The third-order valence-electron chi connectivity index (χ3n) is 1.40. The van der Waals surface area contributed by atoms with Crippen molar-refractivity contribution in [1.29, 1.82) is 0 Å². The zero-order valence-electron chi connectivity index (χ0n) is 9.42. The number of aliphatic hydroxyl groups is 3. The third kappa shape index (κ3) is 6.69. The Hall–Kier alpha value is -0.340. The van der Waals surface area contributed by atoms with Gasteiger partial charge < -0.3 is 29.9 Å². The summed E-state index contributed by atoms with van der Waals surface area (Å²) in [4.78, 5) is 27.0. The zero-order valence-corrected chi connectivity index (χ0v) is 8.32. The van der Waals surface area contributed by atoms with Crippen LogP contribution in [0.15, 0.2) is 0 Å². The Kier molecular flexibility index (Phi) is 4.68. The van der Waals surface area contributed by atoms with E-state index in [0.29, 0.717) is 0 Å². The van der Waals surface area contributed by atoms with Gasteiger partial charge in [-0.25, -0.2) is 4.57 Å². The highest BCUT2D eigenvalue weighted by Gasteiger charge is 2.27. The fraction of sp³-hybridized carbons (Fsp3) is 0.833. The Morgan fingerprint density at radius 1 is 1.47 bits per heavy atom. The van der Waals surface area contributed by atoms with Crippen LogP contribution < -0.4 is 0 Å². The van der Waals surface area contributed by atoms with Crippen molar-refractivity contribution < 1.29 is 41.7 Å². The molecule has 0 aromatic heterocycles. The molecule has 0 saturated carbocycles. The van der Waals surface area contributed by atoms with E-state index in [9.17, 15) is 14.5 Å². The normalized spacial score (nSPS) is 22.2. The van der Waals surface area contributed by atoms with Crippen molar-refractivity contribution in [3.05, 3.63) is 0 Å². The highest BCUT2D eigenvalue weighted by molar-refractivity contribution is 7.46. The first-order valence-corrected chi connectivity index (χ1v) is 5.26. The second-order valence-corrected chi connectivity index (χ2v) is 3.86. The predicted octanol–water partition coefficient (Wildman–Crippen LogP) is -2.23. The number of carbonyl (C=O) groups excluding carboxylic acids is 1. The Morgan fingerprint density at radius 3 is 2.40 bits per heavy atom. The van der Waals surface area contributed by atoms with E-state index in [1.165, 1.54) is 0 Å². The number of rotatable bonds is 7. The summed E-state index contributed by atoms with van der Waals surface area (Å²) in [5, 5.41) is 27.5. The van der Waals surface area contributed by atoms with Crippen molar-refractivity contribution in [2.75, 3.05) is 6.61 Å². The minimum absolute atomic E-state index is 0.999. The summed E-state index contributed by atoms with van der Waals surface area (Å²) < 4.78 is 27.6. The molecule has 0 radical (unpaired) electrons. The molecule has 0 aromatic carbocycles. The quantitative estimate of drug-likeness (QED) is 0.251. The molecule has 5 N–H and O–H groups in total. The summed E-state index contributed by atoms with van der Waals surface area (Å²) in [5.41, 5.74) is 0. The standard InChI is InChI=1S/C6H13O8P/c7-2-1-4(8)6(10)5(9)3-14-15(11,12)13/h2,4-6,8-10H,1,3H2,(H2,11,12,13)/t4-,5-,6+/m1/s1/i1D,2T/t1-,4-,5-,6+. The second kappa shape index (κ2) is 6.29. The molecule has 0 bridgehead atoms. The van der Waals surface area contributed by atoms with Gasteiger partial charge in [-0.05, 0) is 0 Å². The van der Waals surface area contributed by atoms with Gasteiger partial charge in [0.05, 0.1) is 12.7 Å². The van der Waals surface area contributed by atoms with Gasteiger partial charge in [0.25, 0.3) is 0 Å². The van der Waals surface area contributed by atoms with Gasteiger partial charge in [-0.3, -0.25) is 4.52 Å². The van der Waals surface area contributed by atoms with E-state index < -0.39 is 45.4 Å². The van der Waals surface area contributed by atoms with Crippen LogP contribution in [0.1, 0.15) is 9.14 Å². The summed E-state index contributed by atoms with van der Waals surface area (Å²) in [6.07, 6.45) is -9.48. The summed E-state index contributed by atoms with van der Waals surface area (Å²) in [6, 6.07) is 0. The van der Waals surface area contributed by atoms with Crippen molar-refractivity contribution in [3.63, 3.8) is 0 Å². The van der Waals surface area contributed by atoms with Gasteiger partial charge in [0, 0.05) is 7.77 Å². The molecule has 4 atom stereocenters. The minimum atomic E-state index is -4.84. The van der Waals surface area contributed by atoms with E-state index in [1.807, 2.05) is 0 Å². The predicted molar refractivity (Wildman–Crippen MR) is 46.7 cm³/mol. The molecule has 0 spiro atoms. The summed E-state index contributed by atoms with van der Waals surface area (Å²) >= 11 is 0. The first kappa shape index (κ1) is 11.2. The number of hydrogen-bond donors (Lipinski definition) is 5. The van der Waals surface area contributed by atoms with Crippen molar-refractivity contribution in [3.8, 4) is 0 Å². The van der Waals surface area contributed by atoms with Crippen molar-refractivity contribution >= 4 is 14.1 Å². The second-order valence-electron chi connectivity index (χ2n) is 2.62. The molecule has 0 unspecified atom stereocenters. The molecular weight excluding hydrogens is 231 g/mol. The minimum Gasteiger partial charge on any atom is -0.390 e. The molecule has 0 rings (SSSR count). The fourth-order valence-electron chi connectivity index (χ4n) is 0.668. The van der Waals surface area contributed by atoms with Crippen LogP contribution in [-0.2, 0) is 13.9 Å². The van der Waals surface area contributed by atoms with E-state index >= 15 is 0 Å². The lowest BCUT2D eigenvalue weighted by molar-refractivity contribution is -0.115. The third-order valence-corrected chi connectivity index (χ3v) is 1.88. The van der Waals surface area contributed by atoms with Crippen LogP contribution in [0.2, 0.25) is 0 Å². The average molecular weight is 247 g/mol. The first-order valence-electron chi connectivity index (χ1n) is 4.81. The van der Waals surface area contributed by atoms with E-state index in [0.717, 1.165) is 0 Å². The average Bonchev–Trinajstić information content (AvgIpc) is 2.21.